The van der Waals surface area contributed by atoms with Gasteiger partial charge in [-0.1, -0.05) is 18.2 Å². The fourth-order valence-electron chi connectivity index (χ4n) is 2.92. The van der Waals surface area contributed by atoms with E-state index in [0.29, 0.717) is 6.04 Å². The Morgan fingerprint density at radius 2 is 1.90 bits per heavy atom. The summed E-state index contributed by atoms with van der Waals surface area (Å²) in [4.78, 5) is 5.12. The Balaban J connectivity index is 1.82. The van der Waals surface area contributed by atoms with Gasteiger partial charge in [0.15, 0.2) is 0 Å². The molecule has 1 fully saturated rings. The summed E-state index contributed by atoms with van der Waals surface area (Å²) in [6, 6.07) is 8.79. The van der Waals surface area contributed by atoms with Crippen LogP contribution in [0.2, 0.25) is 0 Å². The largest absolute Gasteiger partial charge is 0.398 e. The van der Waals surface area contributed by atoms with Gasteiger partial charge < -0.3 is 10.6 Å². The van der Waals surface area contributed by atoms with Crippen LogP contribution in [0.4, 0.5) is 5.69 Å². The molecule has 0 bridgehead atoms. The van der Waals surface area contributed by atoms with Gasteiger partial charge in [-0.3, -0.25) is 4.90 Å². The highest BCUT2D eigenvalue weighted by Gasteiger charge is 2.14. The Morgan fingerprint density at radius 1 is 1.20 bits per heavy atom. The molecule has 1 aliphatic heterocycles. The van der Waals surface area contributed by atoms with E-state index < -0.39 is 0 Å². The second-order valence-corrected chi connectivity index (χ2v) is 6.17. The van der Waals surface area contributed by atoms with Gasteiger partial charge in [-0.25, -0.2) is 0 Å². The Labute approximate surface area is 123 Å². The van der Waals surface area contributed by atoms with Crippen LogP contribution in [0.3, 0.4) is 0 Å². The lowest BCUT2D eigenvalue weighted by Gasteiger charge is -2.28. The highest BCUT2D eigenvalue weighted by molar-refractivity contribution is 5.46. The van der Waals surface area contributed by atoms with Crippen molar-refractivity contribution in [3.63, 3.8) is 0 Å². The van der Waals surface area contributed by atoms with Gasteiger partial charge in [0, 0.05) is 18.3 Å². The molecule has 0 spiro atoms. The first-order valence-electron chi connectivity index (χ1n) is 7.96. The molecule has 20 heavy (non-hydrogen) atoms. The van der Waals surface area contributed by atoms with Gasteiger partial charge in [-0.05, 0) is 70.9 Å². The summed E-state index contributed by atoms with van der Waals surface area (Å²) in [7, 11) is 0. The predicted octanol–water partition coefficient (Wildman–Crippen LogP) is 2.97. The van der Waals surface area contributed by atoms with Crippen LogP contribution in [0.5, 0.6) is 0 Å². The summed E-state index contributed by atoms with van der Waals surface area (Å²) in [6.07, 6.45) is 4.02. The fraction of sp³-hybridized carbons (Fsp3) is 0.647. The summed E-state index contributed by atoms with van der Waals surface area (Å²) in [5.74, 6) is 0. The van der Waals surface area contributed by atoms with E-state index in [1.807, 2.05) is 12.1 Å². The third-order valence-electron chi connectivity index (χ3n) is 4.28. The molecule has 0 unspecified atom stereocenters. The van der Waals surface area contributed by atoms with E-state index in [-0.39, 0.29) is 0 Å². The van der Waals surface area contributed by atoms with Crippen LogP contribution in [-0.2, 0) is 6.54 Å². The number of hydrogen-bond acceptors (Lipinski definition) is 3. The van der Waals surface area contributed by atoms with Gasteiger partial charge in [0.2, 0.25) is 0 Å². The third kappa shape index (κ3) is 4.50. The summed E-state index contributed by atoms with van der Waals surface area (Å²) in [5, 5.41) is 0. The van der Waals surface area contributed by atoms with Crippen LogP contribution in [0.1, 0.15) is 38.7 Å². The lowest BCUT2D eigenvalue weighted by atomic mass is 10.1. The number of hydrogen-bond donors (Lipinski definition) is 1. The normalized spacial score (nSPS) is 16.4. The van der Waals surface area contributed by atoms with Crippen molar-refractivity contribution >= 4 is 5.69 Å². The molecule has 3 heteroatoms. The van der Waals surface area contributed by atoms with Crippen LogP contribution in [0, 0.1) is 0 Å². The summed E-state index contributed by atoms with van der Waals surface area (Å²) in [6.45, 7) is 10.5. The van der Waals surface area contributed by atoms with Gasteiger partial charge in [0.25, 0.3) is 0 Å². The number of likely N-dealkylation sites (tertiary alicyclic amines) is 1. The molecule has 0 radical (unpaired) electrons. The van der Waals surface area contributed by atoms with Crippen molar-refractivity contribution in [3.05, 3.63) is 29.8 Å². The zero-order valence-corrected chi connectivity index (χ0v) is 13.0. The molecule has 2 rings (SSSR count). The SMILES string of the molecule is CC(C)N(CCCN1CCCC1)Cc1ccccc1N. The molecular formula is C17H29N3. The van der Waals surface area contributed by atoms with Gasteiger partial charge in [0.1, 0.15) is 0 Å². The molecule has 1 aromatic rings. The van der Waals surface area contributed by atoms with Crippen LogP contribution < -0.4 is 5.73 Å². The summed E-state index contributed by atoms with van der Waals surface area (Å²) in [5.41, 5.74) is 8.23. The quantitative estimate of drug-likeness (QED) is 0.777. The number of nitrogen functional groups attached to an aromatic ring is 1. The fourth-order valence-corrected chi connectivity index (χ4v) is 2.92. The topological polar surface area (TPSA) is 32.5 Å². The molecule has 1 aliphatic rings. The lowest BCUT2D eigenvalue weighted by molar-refractivity contribution is 0.197. The van der Waals surface area contributed by atoms with Crippen LogP contribution in [0.15, 0.2) is 24.3 Å². The standard InChI is InChI=1S/C17H29N3/c1-15(2)20(13-7-12-19-10-5-6-11-19)14-16-8-3-4-9-17(16)18/h3-4,8-9,15H,5-7,10-14,18H2,1-2H3. The third-order valence-corrected chi connectivity index (χ3v) is 4.28. The van der Waals surface area contributed by atoms with Gasteiger partial charge >= 0.3 is 0 Å². The summed E-state index contributed by atoms with van der Waals surface area (Å²) < 4.78 is 0. The maximum absolute atomic E-state index is 6.06. The second kappa shape index (κ2) is 7.65. The first kappa shape index (κ1) is 15.3. The Hall–Kier alpha value is -1.06. The Morgan fingerprint density at radius 3 is 2.55 bits per heavy atom. The van der Waals surface area contributed by atoms with E-state index in [1.54, 1.807) is 0 Å². The number of para-hydroxylation sites is 1. The van der Waals surface area contributed by atoms with Crippen molar-refractivity contribution in [2.45, 2.75) is 45.7 Å². The zero-order valence-electron chi connectivity index (χ0n) is 13.0. The lowest BCUT2D eigenvalue weighted by Crippen LogP contribution is -2.33. The molecular weight excluding hydrogens is 246 g/mol. The van der Waals surface area contributed by atoms with E-state index in [4.69, 9.17) is 5.73 Å². The van der Waals surface area contributed by atoms with Gasteiger partial charge in [0.05, 0.1) is 0 Å². The second-order valence-electron chi connectivity index (χ2n) is 6.17. The van der Waals surface area contributed by atoms with Crippen LogP contribution in [0.25, 0.3) is 0 Å². The molecule has 2 N–H and O–H groups in total. The van der Waals surface area contributed by atoms with E-state index in [1.165, 1.54) is 44.5 Å². The number of anilines is 1. The van der Waals surface area contributed by atoms with Crippen molar-refractivity contribution in [1.82, 2.24) is 9.80 Å². The molecule has 0 amide bonds. The van der Waals surface area contributed by atoms with Crippen molar-refractivity contribution < 1.29 is 0 Å². The molecule has 0 saturated carbocycles. The van der Waals surface area contributed by atoms with E-state index >= 15 is 0 Å². The Bertz CT molecular complexity index is 397. The van der Waals surface area contributed by atoms with Crippen molar-refractivity contribution in [2.75, 3.05) is 31.9 Å². The number of nitrogens with zero attached hydrogens (tertiary/aromatic N) is 2. The van der Waals surface area contributed by atoms with E-state index in [2.05, 4.69) is 35.8 Å². The molecule has 3 nitrogen and oxygen atoms in total. The van der Waals surface area contributed by atoms with E-state index in [0.717, 1.165) is 18.8 Å². The molecule has 112 valence electrons. The van der Waals surface area contributed by atoms with Crippen molar-refractivity contribution in [2.24, 2.45) is 0 Å². The average Bonchev–Trinajstić information content (AvgIpc) is 2.93. The molecule has 0 aliphatic carbocycles. The number of rotatable bonds is 7. The minimum Gasteiger partial charge on any atom is -0.398 e. The minimum atomic E-state index is 0.563. The van der Waals surface area contributed by atoms with Gasteiger partial charge in [-0.15, -0.1) is 0 Å². The highest BCUT2D eigenvalue weighted by Crippen LogP contribution is 2.16. The molecule has 1 saturated heterocycles. The van der Waals surface area contributed by atoms with Crippen LogP contribution >= 0.6 is 0 Å². The molecule has 1 heterocycles. The predicted molar refractivity (Wildman–Crippen MR) is 86.7 cm³/mol. The molecule has 0 aromatic heterocycles. The zero-order chi connectivity index (χ0) is 14.4. The van der Waals surface area contributed by atoms with Crippen molar-refractivity contribution in [1.29, 1.82) is 0 Å². The van der Waals surface area contributed by atoms with Crippen LogP contribution in [-0.4, -0.2) is 42.0 Å². The average molecular weight is 275 g/mol. The minimum absolute atomic E-state index is 0.563. The number of nitrogens with two attached hydrogens (primary N) is 1. The first-order chi connectivity index (χ1) is 9.66. The monoisotopic (exact) mass is 275 g/mol. The van der Waals surface area contributed by atoms with Crippen molar-refractivity contribution in [3.8, 4) is 0 Å². The van der Waals surface area contributed by atoms with E-state index in [9.17, 15) is 0 Å². The summed E-state index contributed by atoms with van der Waals surface area (Å²) >= 11 is 0. The number of benzene rings is 1. The highest BCUT2D eigenvalue weighted by atomic mass is 15.2. The maximum atomic E-state index is 6.06. The molecule has 0 atom stereocenters. The Kier molecular flexibility index (Phi) is 5.86. The smallest absolute Gasteiger partial charge is 0.0359 e. The molecule has 1 aromatic carbocycles. The van der Waals surface area contributed by atoms with Gasteiger partial charge in [-0.2, -0.15) is 0 Å². The maximum Gasteiger partial charge on any atom is 0.0359 e. The first-order valence-corrected chi connectivity index (χ1v) is 7.96.